The lowest BCUT2D eigenvalue weighted by molar-refractivity contribution is -0.140. The molecule has 3 heterocycles. The molecule has 0 spiro atoms. The second-order valence-electron chi connectivity index (χ2n) is 8.68. The SMILES string of the molecule is O=C(C1CCC1)N1CCN(c2nc3c(s2)C[C@H](C(=O)N2CCOCC2)CC3)CC1. The number of hydrogen-bond acceptors (Lipinski definition) is 6. The highest BCUT2D eigenvalue weighted by atomic mass is 32.1. The number of ether oxygens (including phenoxy) is 1. The minimum Gasteiger partial charge on any atom is -0.378 e. The van der Waals surface area contributed by atoms with Gasteiger partial charge in [-0.05, 0) is 32.1 Å². The molecule has 1 saturated carbocycles. The summed E-state index contributed by atoms with van der Waals surface area (Å²) in [4.78, 5) is 37.9. The number of nitrogens with zero attached hydrogens (tertiary/aromatic N) is 4. The topological polar surface area (TPSA) is 66.0 Å². The van der Waals surface area contributed by atoms with Crippen molar-refractivity contribution in [1.82, 2.24) is 14.8 Å². The Morgan fingerprint density at radius 2 is 1.59 bits per heavy atom. The molecule has 7 nitrogen and oxygen atoms in total. The average molecular weight is 419 g/mol. The van der Waals surface area contributed by atoms with Crippen molar-refractivity contribution in [3.63, 3.8) is 0 Å². The summed E-state index contributed by atoms with van der Waals surface area (Å²) in [5, 5.41) is 1.07. The van der Waals surface area contributed by atoms with Crippen LogP contribution >= 0.6 is 11.3 Å². The molecule has 2 amide bonds. The number of piperazine rings is 1. The summed E-state index contributed by atoms with van der Waals surface area (Å²) in [6, 6.07) is 0. The van der Waals surface area contributed by atoms with E-state index in [9.17, 15) is 9.59 Å². The number of anilines is 1. The molecule has 1 atom stereocenters. The Hall–Kier alpha value is -1.67. The maximum absolute atomic E-state index is 12.9. The molecule has 2 saturated heterocycles. The first-order valence-corrected chi connectivity index (χ1v) is 11.9. The lowest BCUT2D eigenvalue weighted by atomic mass is 9.84. The molecule has 1 aromatic heterocycles. The Kier molecular flexibility index (Phi) is 5.47. The number of thiazole rings is 1. The van der Waals surface area contributed by atoms with E-state index in [4.69, 9.17) is 9.72 Å². The molecule has 158 valence electrons. The Morgan fingerprint density at radius 3 is 2.28 bits per heavy atom. The van der Waals surface area contributed by atoms with Crippen molar-refractivity contribution in [2.45, 2.75) is 38.5 Å². The van der Waals surface area contributed by atoms with Crippen molar-refractivity contribution in [3.05, 3.63) is 10.6 Å². The summed E-state index contributed by atoms with van der Waals surface area (Å²) in [7, 11) is 0. The fourth-order valence-corrected chi connectivity index (χ4v) is 6.02. The van der Waals surface area contributed by atoms with E-state index in [1.807, 2.05) is 9.80 Å². The van der Waals surface area contributed by atoms with Crippen LogP contribution in [-0.2, 0) is 27.2 Å². The van der Waals surface area contributed by atoms with Crippen LogP contribution in [0.4, 0.5) is 5.13 Å². The molecule has 0 bridgehead atoms. The lowest BCUT2D eigenvalue weighted by Crippen LogP contribution is -2.51. The van der Waals surface area contributed by atoms with Gasteiger partial charge in [0.2, 0.25) is 11.8 Å². The standard InChI is InChI=1S/C21H30N4O3S/c26-19(15-2-1-3-15)23-6-8-25(9-7-23)21-22-17-5-4-16(14-18(17)29-21)20(27)24-10-12-28-13-11-24/h15-16H,1-14H2/t16-/m1/s1. The summed E-state index contributed by atoms with van der Waals surface area (Å²) in [6.07, 6.45) is 5.97. The molecule has 0 radical (unpaired) electrons. The van der Waals surface area contributed by atoms with E-state index in [-0.39, 0.29) is 17.7 Å². The van der Waals surface area contributed by atoms with E-state index in [2.05, 4.69) is 4.90 Å². The zero-order chi connectivity index (χ0) is 19.8. The van der Waals surface area contributed by atoms with Crippen LogP contribution in [0.3, 0.4) is 0 Å². The van der Waals surface area contributed by atoms with Gasteiger partial charge in [-0.2, -0.15) is 0 Å². The van der Waals surface area contributed by atoms with E-state index >= 15 is 0 Å². The summed E-state index contributed by atoms with van der Waals surface area (Å²) in [5.41, 5.74) is 1.18. The highest BCUT2D eigenvalue weighted by Crippen LogP contribution is 2.35. The van der Waals surface area contributed by atoms with Crippen LogP contribution in [-0.4, -0.2) is 79.1 Å². The average Bonchev–Trinajstić information content (AvgIpc) is 3.16. The van der Waals surface area contributed by atoms with Crippen LogP contribution in [0.25, 0.3) is 0 Å². The highest BCUT2D eigenvalue weighted by Gasteiger charge is 2.34. The number of aryl methyl sites for hydroxylation is 1. The van der Waals surface area contributed by atoms with Crippen LogP contribution in [0.1, 0.15) is 36.3 Å². The molecule has 1 aromatic rings. The van der Waals surface area contributed by atoms with Gasteiger partial charge < -0.3 is 19.4 Å². The van der Waals surface area contributed by atoms with E-state index < -0.39 is 0 Å². The van der Waals surface area contributed by atoms with Gasteiger partial charge in [0.05, 0.1) is 18.9 Å². The van der Waals surface area contributed by atoms with E-state index in [0.29, 0.717) is 19.1 Å². The number of amides is 2. The Bertz CT molecular complexity index is 764. The zero-order valence-corrected chi connectivity index (χ0v) is 17.8. The van der Waals surface area contributed by atoms with Crippen molar-refractivity contribution >= 4 is 28.3 Å². The van der Waals surface area contributed by atoms with Crippen molar-refractivity contribution in [1.29, 1.82) is 0 Å². The van der Waals surface area contributed by atoms with Crippen molar-refractivity contribution in [2.75, 3.05) is 57.4 Å². The number of aromatic nitrogens is 1. The second kappa shape index (κ2) is 8.22. The van der Waals surface area contributed by atoms with Crippen LogP contribution < -0.4 is 4.90 Å². The molecule has 0 unspecified atom stereocenters. The van der Waals surface area contributed by atoms with Crippen LogP contribution in [0.2, 0.25) is 0 Å². The third-order valence-electron chi connectivity index (χ3n) is 6.92. The molecule has 29 heavy (non-hydrogen) atoms. The van der Waals surface area contributed by atoms with E-state index in [1.165, 1.54) is 17.0 Å². The first kappa shape index (κ1) is 19.3. The fraction of sp³-hybridized carbons (Fsp3) is 0.762. The molecule has 2 aliphatic carbocycles. The van der Waals surface area contributed by atoms with Crippen LogP contribution in [0, 0.1) is 11.8 Å². The first-order valence-electron chi connectivity index (χ1n) is 11.1. The maximum atomic E-state index is 12.9. The largest absolute Gasteiger partial charge is 0.378 e. The quantitative estimate of drug-likeness (QED) is 0.745. The predicted molar refractivity (Wildman–Crippen MR) is 111 cm³/mol. The molecule has 0 N–H and O–H groups in total. The summed E-state index contributed by atoms with van der Waals surface area (Å²) in [6.45, 7) is 6.09. The Labute approximate surface area is 176 Å². The number of morpholine rings is 1. The molecule has 8 heteroatoms. The number of carbonyl (C=O) groups is 2. The molecular formula is C21H30N4O3S. The van der Waals surface area contributed by atoms with Crippen molar-refractivity contribution in [3.8, 4) is 0 Å². The molecule has 4 aliphatic rings. The number of fused-ring (bicyclic) bond motifs is 1. The second-order valence-corrected chi connectivity index (χ2v) is 9.75. The van der Waals surface area contributed by atoms with Gasteiger partial charge in [0, 0.05) is 56.0 Å². The van der Waals surface area contributed by atoms with Gasteiger partial charge in [-0.3, -0.25) is 9.59 Å². The minimum atomic E-state index is 0.0887. The molecule has 2 aliphatic heterocycles. The maximum Gasteiger partial charge on any atom is 0.226 e. The third kappa shape index (κ3) is 3.89. The van der Waals surface area contributed by atoms with Gasteiger partial charge in [-0.15, -0.1) is 11.3 Å². The van der Waals surface area contributed by atoms with E-state index in [0.717, 1.165) is 76.5 Å². The smallest absolute Gasteiger partial charge is 0.226 e. The van der Waals surface area contributed by atoms with Gasteiger partial charge >= 0.3 is 0 Å². The van der Waals surface area contributed by atoms with Gasteiger partial charge in [0.15, 0.2) is 5.13 Å². The van der Waals surface area contributed by atoms with Gasteiger partial charge in [0.25, 0.3) is 0 Å². The molecule has 3 fully saturated rings. The zero-order valence-electron chi connectivity index (χ0n) is 17.0. The summed E-state index contributed by atoms with van der Waals surface area (Å²) < 4.78 is 5.38. The lowest BCUT2D eigenvalue weighted by Gasteiger charge is -2.38. The Balaban J connectivity index is 1.18. The molecule has 0 aromatic carbocycles. The summed E-state index contributed by atoms with van der Waals surface area (Å²) in [5.74, 6) is 1.02. The number of hydrogen-bond donors (Lipinski definition) is 0. The number of rotatable bonds is 3. The molecule has 5 rings (SSSR count). The first-order chi connectivity index (χ1) is 14.2. The third-order valence-corrected chi connectivity index (χ3v) is 8.10. The molecular weight excluding hydrogens is 388 g/mol. The van der Waals surface area contributed by atoms with Crippen molar-refractivity contribution in [2.24, 2.45) is 11.8 Å². The van der Waals surface area contributed by atoms with Gasteiger partial charge in [-0.1, -0.05) is 6.42 Å². The van der Waals surface area contributed by atoms with Crippen LogP contribution in [0.15, 0.2) is 0 Å². The van der Waals surface area contributed by atoms with Gasteiger partial charge in [0.1, 0.15) is 0 Å². The number of carbonyl (C=O) groups excluding carboxylic acids is 2. The van der Waals surface area contributed by atoms with E-state index in [1.54, 1.807) is 11.3 Å². The predicted octanol–water partition coefficient (Wildman–Crippen LogP) is 1.56. The van der Waals surface area contributed by atoms with Gasteiger partial charge in [-0.25, -0.2) is 4.98 Å². The normalized spacial score (nSPS) is 25.5. The fourth-order valence-electron chi connectivity index (χ4n) is 4.78. The monoisotopic (exact) mass is 418 g/mol. The minimum absolute atomic E-state index is 0.0887. The van der Waals surface area contributed by atoms with Crippen LogP contribution in [0.5, 0.6) is 0 Å². The summed E-state index contributed by atoms with van der Waals surface area (Å²) >= 11 is 1.76. The highest BCUT2D eigenvalue weighted by molar-refractivity contribution is 7.15. The van der Waals surface area contributed by atoms with Crippen molar-refractivity contribution < 1.29 is 14.3 Å². The Morgan fingerprint density at radius 1 is 0.897 bits per heavy atom.